The number of urea groups is 1. The molecule has 35 heteroatoms. The van der Waals surface area contributed by atoms with Crippen molar-refractivity contribution >= 4 is 77.2 Å². The Bertz CT molecular complexity index is 3120. The number of carboxylic acids is 3. The number of hydroxylamine groups is 2. The first-order chi connectivity index (χ1) is 54.2. The molecule has 113 heavy (non-hydrogen) atoms. The fourth-order valence-electron chi connectivity index (χ4n) is 10.8. The second kappa shape index (κ2) is 59.8. The summed E-state index contributed by atoms with van der Waals surface area (Å²) in [7, 11) is 0. The topological polar surface area (TPSA) is 474 Å². The zero-order valence-electron chi connectivity index (χ0n) is 66.2. The van der Waals surface area contributed by atoms with Crippen LogP contribution in [0.5, 0.6) is 0 Å². The number of nitrogens with one attached hydrogen (secondary N) is 8. The van der Waals surface area contributed by atoms with Crippen molar-refractivity contribution < 1.29 is 125 Å². The molecule has 1 fully saturated rings. The number of amides is 10. The van der Waals surface area contributed by atoms with Crippen LogP contribution in [-0.4, -0.2) is 266 Å². The molecule has 0 bridgehead atoms. The second-order valence-electron chi connectivity index (χ2n) is 28.1. The van der Waals surface area contributed by atoms with Gasteiger partial charge in [0.15, 0.2) is 0 Å². The highest BCUT2D eigenvalue weighted by atomic mass is 16.7. The minimum atomic E-state index is -1.56. The highest BCUT2D eigenvalue weighted by molar-refractivity contribution is 6.02. The minimum absolute atomic E-state index is 0.0223. The van der Waals surface area contributed by atoms with E-state index in [0.29, 0.717) is 149 Å². The van der Waals surface area contributed by atoms with Gasteiger partial charge in [-0.3, -0.25) is 43.2 Å². The van der Waals surface area contributed by atoms with Gasteiger partial charge in [0.05, 0.1) is 117 Å². The fraction of sp³-hybridized carbons (Fsp3) is 0.679. The minimum Gasteiger partial charge on any atom is -0.481 e. The number of benzene rings is 2. The number of carbonyl (C=O) groups excluding carboxylic acids is 10. The van der Waals surface area contributed by atoms with Crippen LogP contribution < -0.4 is 42.5 Å². The molecular formula is C78H123N9O26. The molecule has 1 saturated heterocycles. The van der Waals surface area contributed by atoms with Crippen molar-refractivity contribution in [3.63, 3.8) is 0 Å². The summed E-state index contributed by atoms with van der Waals surface area (Å²) in [5, 5.41) is 49.4. The van der Waals surface area contributed by atoms with E-state index >= 15 is 0 Å². The van der Waals surface area contributed by atoms with Gasteiger partial charge in [0.1, 0.15) is 24.2 Å². The monoisotopic (exact) mass is 1600 g/mol. The van der Waals surface area contributed by atoms with Crippen molar-refractivity contribution in [3.8, 4) is 0 Å². The van der Waals surface area contributed by atoms with E-state index in [0.717, 1.165) is 43.2 Å². The predicted molar refractivity (Wildman–Crippen MR) is 409 cm³/mol. The molecule has 636 valence electrons. The average Bonchev–Trinajstić information content (AvgIpc) is 1.76. The Labute approximate surface area is 661 Å². The second-order valence-corrected chi connectivity index (χ2v) is 28.1. The van der Waals surface area contributed by atoms with Crippen LogP contribution in [0.25, 0.3) is 0 Å². The maximum atomic E-state index is 14.0. The number of ether oxygens (including phenoxy) is 9. The van der Waals surface area contributed by atoms with E-state index in [-0.39, 0.29) is 108 Å². The smallest absolute Gasteiger partial charge is 0.338 e. The van der Waals surface area contributed by atoms with Crippen molar-refractivity contribution in [2.45, 2.75) is 199 Å². The zero-order valence-corrected chi connectivity index (χ0v) is 66.2. The maximum Gasteiger partial charge on any atom is 0.338 e. The van der Waals surface area contributed by atoms with E-state index in [1.165, 1.54) is 0 Å². The molecule has 1 heterocycles. The summed E-state index contributed by atoms with van der Waals surface area (Å²) in [5.41, 5.74) is -0.00520. The van der Waals surface area contributed by atoms with Gasteiger partial charge in [-0.2, -0.15) is 0 Å². The lowest BCUT2D eigenvalue weighted by molar-refractivity contribution is -0.205. The number of imide groups is 1. The molecule has 1 aliphatic heterocycles. The summed E-state index contributed by atoms with van der Waals surface area (Å²) in [6.45, 7) is 14.4. The van der Waals surface area contributed by atoms with E-state index in [2.05, 4.69) is 37.2 Å². The Morgan fingerprint density at radius 3 is 1.24 bits per heavy atom. The number of hydrogen-bond donors (Lipinski definition) is 11. The number of hydrogen-bond acceptors (Lipinski definition) is 23. The fourth-order valence-corrected chi connectivity index (χ4v) is 10.8. The Morgan fingerprint density at radius 2 is 0.788 bits per heavy atom. The summed E-state index contributed by atoms with van der Waals surface area (Å²) >= 11 is 0. The third-order valence-electron chi connectivity index (χ3n) is 17.5. The molecule has 0 aliphatic carbocycles. The maximum absolute atomic E-state index is 14.0. The highest BCUT2D eigenvalue weighted by Crippen LogP contribution is 2.27. The molecular weight excluding hydrogens is 1480 g/mol. The molecule has 2 aromatic rings. The van der Waals surface area contributed by atoms with Crippen molar-refractivity contribution in [2.75, 3.05) is 138 Å². The number of unbranched alkanes of at least 4 members (excludes halogenated alkanes) is 7. The van der Waals surface area contributed by atoms with Crippen molar-refractivity contribution in [1.29, 1.82) is 0 Å². The highest BCUT2D eigenvalue weighted by Gasteiger charge is 2.39. The predicted octanol–water partition coefficient (Wildman–Crippen LogP) is 3.78. The molecule has 35 nitrogen and oxygen atoms in total. The summed E-state index contributed by atoms with van der Waals surface area (Å²) in [6, 6.07) is 12.2. The van der Waals surface area contributed by atoms with Crippen molar-refractivity contribution in [3.05, 3.63) is 71.8 Å². The van der Waals surface area contributed by atoms with E-state index in [1.54, 1.807) is 13.8 Å². The summed E-state index contributed by atoms with van der Waals surface area (Å²) in [6.07, 6.45) is 6.99. The summed E-state index contributed by atoms with van der Waals surface area (Å²) in [5.74, 6) is -7.90. The van der Waals surface area contributed by atoms with Gasteiger partial charge >= 0.3 is 29.9 Å². The van der Waals surface area contributed by atoms with Gasteiger partial charge in [-0.15, -0.1) is 5.06 Å². The first-order valence-electron chi connectivity index (χ1n) is 39.1. The Hall–Kier alpha value is -8.81. The Balaban J connectivity index is 1.12. The van der Waals surface area contributed by atoms with Crippen LogP contribution in [0.3, 0.4) is 0 Å². The molecule has 2 unspecified atom stereocenters. The van der Waals surface area contributed by atoms with Crippen LogP contribution in [0.4, 0.5) is 4.79 Å². The van der Waals surface area contributed by atoms with Gasteiger partial charge in [0, 0.05) is 90.6 Å². The molecule has 11 N–H and O–H groups in total. The normalized spacial score (nSPS) is 13.3. The number of rotatable bonds is 69. The first kappa shape index (κ1) is 98.4. The van der Waals surface area contributed by atoms with Gasteiger partial charge in [-0.1, -0.05) is 92.8 Å². The van der Waals surface area contributed by atoms with Crippen molar-refractivity contribution in [2.24, 2.45) is 5.41 Å². The zero-order chi connectivity index (χ0) is 82.8. The van der Waals surface area contributed by atoms with Crippen LogP contribution in [0, 0.1) is 5.41 Å². The third kappa shape index (κ3) is 49.4. The largest absolute Gasteiger partial charge is 0.481 e. The SMILES string of the molecule is CC(C)(CCC(=O)NCCCCCCNC(=O)CCOCCOCCOCCOCCOCCOCCOCCOCCNC(=O)[C@H](Cc1ccccc1)NC(=O)C(Cc1ccccc1)NC(=O)CCCCCCCNC(=O)CC[C@H](NC(=O)NC(CCC(=O)O)C(=O)O)C(=O)O)OCCC(C)(C)C(=O)ON1C(=O)CCC1=O. The number of carbonyl (C=O) groups is 13. The van der Waals surface area contributed by atoms with Crippen LogP contribution in [0.15, 0.2) is 60.7 Å². The molecule has 3 rings (SSSR count). The number of nitrogens with zero attached hydrogens (tertiary/aromatic N) is 1. The van der Waals surface area contributed by atoms with Gasteiger partial charge in [-0.25, -0.2) is 19.2 Å². The molecule has 0 spiro atoms. The lowest BCUT2D eigenvalue weighted by Gasteiger charge is -2.29. The number of carboxylic acid groups (broad SMARTS) is 3. The quantitative estimate of drug-likeness (QED) is 0.0331. The van der Waals surface area contributed by atoms with E-state index in [1.807, 2.05) is 79.8 Å². The molecule has 0 radical (unpaired) electrons. The van der Waals surface area contributed by atoms with E-state index in [4.69, 9.17) is 52.6 Å². The summed E-state index contributed by atoms with van der Waals surface area (Å²) < 4.78 is 50.5. The summed E-state index contributed by atoms with van der Waals surface area (Å²) in [4.78, 5) is 166. The van der Waals surface area contributed by atoms with Crippen molar-refractivity contribution in [1.82, 2.24) is 47.6 Å². The Morgan fingerprint density at radius 1 is 0.389 bits per heavy atom. The van der Waals surface area contributed by atoms with Crippen LogP contribution >= 0.6 is 0 Å². The van der Waals surface area contributed by atoms with Gasteiger partial charge < -0.3 is 105 Å². The average molecular weight is 1600 g/mol. The first-order valence-corrected chi connectivity index (χ1v) is 39.1. The standard InChI is InChI=1S/C78H123N9O26/c1-77(2,75(102)113-87-68(92)28-29-69(87)93)34-40-112-78(3,4)33-31-65(89)80-36-18-8-9-19-37-81-66(90)32-39-104-42-44-106-46-48-108-50-52-110-54-55-111-53-51-109-49-47-107-45-43-105-41-38-82-71(96)62(56-58-20-12-10-13-21-58)84-72(97)63(57-59-22-14-11-15-23-59)83-67(91)24-16-6-5-7-17-35-79-64(88)27-25-60(73(98)99)85-76(103)86-61(74(100)101)26-30-70(94)95/h10-15,20-23,60-63H,5-9,16-19,24-57H2,1-4H3,(H,79,88)(H,80,89)(H,81,90)(H,82,96)(H,83,91)(H,84,97)(H,94,95)(H,98,99)(H,100,101)(H2,85,86,103)/t60-,61?,62-,63?/m0/s1. The molecule has 4 atom stereocenters. The van der Waals surface area contributed by atoms with Crippen LogP contribution in [-0.2, 0) is 118 Å². The van der Waals surface area contributed by atoms with E-state index in [9.17, 15) is 72.5 Å². The Kier molecular flexibility index (Phi) is 52.1. The van der Waals surface area contributed by atoms with Crippen LogP contribution in [0.2, 0.25) is 0 Å². The van der Waals surface area contributed by atoms with E-state index < -0.39 is 107 Å². The van der Waals surface area contributed by atoms with Gasteiger partial charge in [0.25, 0.3) is 11.8 Å². The van der Waals surface area contributed by atoms with Gasteiger partial charge in [-0.05, 0) is 90.2 Å². The lowest BCUT2D eigenvalue weighted by Crippen LogP contribution is -2.55. The number of aliphatic carboxylic acids is 3. The van der Waals surface area contributed by atoms with Gasteiger partial charge in [0.2, 0.25) is 35.4 Å². The third-order valence-corrected chi connectivity index (χ3v) is 17.5. The lowest BCUT2D eigenvalue weighted by atomic mass is 9.90. The molecule has 0 saturated carbocycles. The molecule has 10 amide bonds. The molecule has 2 aromatic carbocycles. The molecule has 1 aliphatic rings. The van der Waals surface area contributed by atoms with Crippen LogP contribution in [0.1, 0.15) is 167 Å². The molecule has 0 aromatic heterocycles.